The molecule has 0 aliphatic carbocycles. The Balaban J connectivity index is 2.09. The lowest BCUT2D eigenvalue weighted by molar-refractivity contribution is 0.0635. The zero-order valence-electron chi connectivity index (χ0n) is 14.0. The van der Waals surface area contributed by atoms with Gasteiger partial charge in [0.2, 0.25) is 5.95 Å². The number of carbonyl (C=O) groups excluding carboxylic acids is 1. The van der Waals surface area contributed by atoms with Crippen LogP contribution in [0.15, 0.2) is 29.5 Å². The van der Waals surface area contributed by atoms with Gasteiger partial charge in [-0.05, 0) is 45.4 Å². The molecule has 0 radical (unpaired) electrons. The van der Waals surface area contributed by atoms with Crippen LogP contribution in [0.1, 0.15) is 32.0 Å². The number of halogens is 1. The Morgan fingerprint density at radius 2 is 2.17 bits per heavy atom. The first kappa shape index (κ1) is 17.5. The first-order valence-corrected chi connectivity index (χ1v) is 7.29. The van der Waals surface area contributed by atoms with Crippen LogP contribution in [0.5, 0.6) is 0 Å². The van der Waals surface area contributed by atoms with Crippen LogP contribution in [-0.2, 0) is 4.74 Å². The van der Waals surface area contributed by atoms with Crippen LogP contribution in [0.25, 0.3) is 0 Å². The summed E-state index contributed by atoms with van der Waals surface area (Å²) in [6.45, 7) is 6.98. The van der Waals surface area contributed by atoms with E-state index in [1.165, 1.54) is 23.0 Å². The van der Waals surface area contributed by atoms with Crippen LogP contribution < -0.4 is 11.1 Å². The van der Waals surface area contributed by atoms with Crippen molar-refractivity contribution in [3.8, 4) is 0 Å². The van der Waals surface area contributed by atoms with Crippen LogP contribution in [0.3, 0.4) is 0 Å². The van der Waals surface area contributed by atoms with Crippen LogP contribution >= 0.6 is 0 Å². The monoisotopic (exact) mass is 333 g/mol. The average Bonchev–Trinajstić information content (AvgIpc) is 2.75. The highest BCUT2D eigenvalue weighted by molar-refractivity contribution is 5.86. The highest BCUT2D eigenvalue weighted by Crippen LogP contribution is 2.17. The molecular formula is C16H20FN5O2. The number of aryl methyl sites for hydroxylation is 1. The number of ether oxygens (including phenoxy) is 1. The summed E-state index contributed by atoms with van der Waals surface area (Å²) in [4.78, 5) is 15.7. The van der Waals surface area contributed by atoms with E-state index in [1.807, 2.05) is 0 Å². The third-order valence-corrected chi connectivity index (χ3v) is 2.79. The number of benzene rings is 1. The molecule has 0 fully saturated rings. The zero-order valence-corrected chi connectivity index (χ0v) is 14.0. The van der Waals surface area contributed by atoms with Crippen molar-refractivity contribution in [1.82, 2.24) is 9.66 Å². The SMILES string of the molecule is Cc1cn(N=Cc2ccc(NC(=O)OC(C)(C)C)c(F)c2)c(N)n1. The Morgan fingerprint density at radius 1 is 1.46 bits per heavy atom. The largest absolute Gasteiger partial charge is 0.444 e. The number of nitrogens with two attached hydrogens (primary N) is 1. The van der Waals surface area contributed by atoms with Crippen molar-refractivity contribution >= 4 is 23.9 Å². The molecule has 0 unspecified atom stereocenters. The van der Waals surface area contributed by atoms with E-state index in [1.54, 1.807) is 40.0 Å². The number of nitrogen functional groups attached to an aromatic ring is 1. The van der Waals surface area contributed by atoms with Gasteiger partial charge in [0.25, 0.3) is 0 Å². The zero-order chi connectivity index (χ0) is 17.9. The quantitative estimate of drug-likeness (QED) is 0.844. The second-order valence-corrected chi connectivity index (χ2v) is 6.20. The molecule has 2 rings (SSSR count). The van der Waals surface area contributed by atoms with E-state index in [4.69, 9.17) is 10.5 Å². The highest BCUT2D eigenvalue weighted by Gasteiger charge is 2.17. The maximum absolute atomic E-state index is 14.1. The molecule has 1 aromatic carbocycles. The van der Waals surface area contributed by atoms with Crippen molar-refractivity contribution in [1.29, 1.82) is 0 Å². The number of imidazole rings is 1. The number of amides is 1. The van der Waals surface area contributed by atoms with E-state index in [0.29, 0.717) is 5.56 Å². The van der Waals surface area contributed by atoms with Gasteiger partial charge < -0.3 is 10.5 Å². The van der Waals surface area contributed by atoms with Crippen LogP contribution in [0.2, 0.25) is 0 Å². The van der Waals surface area contributed by atoms with E-state index in [0.717, 1.165) is 5.69 Å². The van der Waals surface area contributed by atoms with Gasteiger partial charge in [-0.25, -0.2) is 18.8 Å². The lowest BCUT2D eigenvalue weighted by atomic mass is 10.2. The molecule has 1 amide bonds. The molecule has 1 aromatic heterocycles. The van der Waals surface area contributed by atoms with Gasteiger partial charge in [0.15, 0.2) is 0 Å². The smallest absolute Gasteiger partial charge is 0.412 e. The topological polar surface area (TPSA) is 94.5 Å². The van der Waals surface area contributed by atoms with Gasteiger partial charge in [0, 0.05) is 0 Å². The Kier molecular flexibility index (Phi) is 4.87. The molecule has 8 heteroatoms. The van der Waals surface area contributed by atoms with E-state index >= 15 is 0 Å². The molecule has 0 aliphatic rings. The van der Waals surface area contributed by atoms with Gasteiger partial charge in [-0.3, -0.25) is 5.32 Å². The summed E-state index contributed by atoms with van der Waals surface area (Å²) in [5, 5.41) is 6.47. The number of anilines is 2. The van der Waals surface area contributed by atoms with E-state index in [9.17, 15) is 9.18 Å². The molecule has 0 saturated heterocycles. The molecule has 0 aliphatic heterocycles. The van der Waals surface area contributed by atoms with Gasteiger partial charge in [0.05, 0.1) is 23.8 Å². The number of nitrogens with one attached hydrogen (secondary N) is 1. The van der Waals surface area contributed by atoms with Gasteiger partial charge in [-0.2, -0.15) is 5.10 Å². The number of carbonyl (C=O) groups is 1. The first-order valence-electron chi connectivity index (χ1n) is 7.29. The van der Waals surface area contributed by atoms with Crippen molar-refractivity contribution in [2.24, 2.45) is 5.10 Å². The van der Waals surface area contributed by atoms with Crippen LogP contribution in [-0.4, -0.2) is 27.6 Å². The van der Waals surface area contributed by atoms with Gasteiger partial charge in [-0.15, -0.1) is 0 Å². The molecule has 0 atom stereocenters. The lowest BCUT2D eigenvalue weighted by Crippen LogP contribution is -2.27. The predicted molar refractivity (Wildman–Crippen MR) is 90.6 cm³/mol. The van der Waals surface area contributed by atoms with Crippen molar-refractivity contribution < 1.29 is 13.9 Å². The standard InChI is InChI=1S/C16H20FN5O2/c1-10-9-22(14(18)20-10)19-8-11-5-6-13(12(17)7-11)21-15(23)24-16(2,3)4/h5-9H,1-4H3,(H2,18,20)(H,21,23). The van der Waals surface area contributed by atoms with Crippen molar-refractivity contribution in [3.05, 3.63) is 41.5 Å². The minimum atomic E-state index is -0.718. The lowest BCUT2D eigenvalue weighted by Gasteiger charge is -2.19. The van der Waals surface area contributed by atoms with Crippen molar-refractivity contribution in [3.63, 3.8) is 0 Å². The second kappa shape index (κ2) is 6.69. The second-order valence-electron chi connectivity index (χ2n) is 6.20. The van der Waals surface area contributed by atoms with E-state index < -0.39 is 17.5 Å². The summed E-state index contributed by atoms with van der Waals surface area (Å²) in [5.74, 6) is -0.355. The summed E-state index contributed by atoms with van der Waals surface area (Å²) in [6.07, 6.45) is 2.38. The maximum Gasteiger partial charge on any atom is 0.412 e. The van der Waals surface area contributed by atoms with Crippen LogP contribution in [0, 0.1) is 12.7 Å². The summed E-state index contributed by atoms with van der Waals surface area (Å²) in [7, 11) is 0. The molecule has 2 aromatic rings. The third kappa shape index (κ3) is 4.80. The molecule has 128 valence electrons. The molecule has 0 bridgehead atoms. The number of hydrogen-bond donors (Lipinski definition) is 2. The Hall–Kier alpha value is -2.90. The third-order valence-electron chi connectivity index (χ3n) is 2.79. The fourth-order valence-electron chi connectivity index (χ4n) is 1.85. The van der Waals surface area contributed by atoms with E-state index in [-0.39, 0.29) is 11.6 Å². The highest BCUT2D eigenvalue weighted by atomic mass is 19.1. The van der Waals surface area contributed by atoms with E-state index in [2.05, 4.69) is 15.4 Å². The van der Waals surface area contributed by atoms with Crippen molar-refractivity contribution in [2.75, 3.05) is 11.1 Å². The molecule has 24 heavy (non-hydrogen) atoms. The molecule has 1 heterocycles. The summed E-state index contributed by atoms with van der Waals surface area (Å²) < 4.78 is 20.5. The summed E-state index contributed by atoms with van der Waals surface area (Å²) in [6, 6.07) is 4.29. The average molecular weight is 333 g/mol. The molecular weight excluding hydrogens is 313 g/mol. The Bertz CT molecular complexity index is 777. The van der Waals surface area contributed by atoms with Crippen molar-refractivity contribution in [2.45, 2.75) is 33.3 Å². The molecule has 0 spiro atoms. The van der Waals surface area contributed by atoms with Gasteiger partial charge in [-0.1, -0.05) is 6.07 Å². The summed E-state index contributed by atoms with van der Waals surface area (Å²) >= 11 is 0. The Morgan fingerprint density at radius 3 is 2.71 bits per heavy atom. The fraction of sp³-hybridized carbons (Fsp3) is 0.312. The number of rotatable bonds is 3. The van der Waals surface area contributed by atoms with Crippen LogP contribution in [0.4, 0.5) is 20.8 Å². The minimum Gasteiger partial charge on any atom is -0.444 e. The fourth-order valence-corrected chi connectivity index (χ4v) is 1.85. The predicted octanol–water partition coefficient (Wildman–Crippen LogP) is 3.14. The number of hydrogen-bond acceptors (Lipinski definition) is 5. The maximum atomic E-state index is 14.1. The van der Waals surface area contributed by atoms with Gasteiger partial charge in [0.1, 0.15) is 11.4 Å². The first-order chi connectivity index (χ1) is 11.1. The normalized spacial score (nSPS) is 11.7. The molecule has 7 nitrogen and oxygen atoms in total. The molecule has 0 saturated carbocycles. The minimum absolute atomic E-state index is 0.0272. The number of nitrogens with zero attached hydrogens (tertiary/aromatic N) is 3. The number of aromatic nitrogens is 2. The Labute approximate surface area is 139 Å². The summed E-state index contributed by atoms with van der Waals surface area (Å²) in [5.41, 5.74) is 6.27. The van der Waals surface area contributed by atoms with Gasteiger partial charge >= 0.3 is 6.09 Å². The molecule has 3 N–H and O–H groups in total.